The fourth-order valence-corrected chi connectivity index (χ4v) is 5.59. The van der Waals surface area contributed by atoms with Crippen LogP contribution in [0.4, 0.5) is 5.82 Å². The number of nitrogens with one attached hydrogen (secondary N) is 4. The Morgan fingerprint density at radius 1 is 1.02 bits per heavy atom. The minimum absolute atomic E-state index is 0.00660. The molecule has 0 bridgehead atoms. The third-order valence-electron chi connectivity index (χ3n) is 6.71. The predicted octanol–water partition coefficient (Wildman–Crippen LogP) is 5.33. The van der Waals surface area contributed by atoms with Crippen molar-refractivity contribution in [3.8, 4) is 21.7 Å². The largest absolute Gasteiger partial charge is 0.347 e. The Labute approximate surface area is 263 Å². The molecule has 238 valence electrons. The van der Waals surface area contributed by atoms with Crippen molar-refractivity contribution in [3.05, 3.63) is 49.2 Å². The van der Waals surface area contributed by atoms with E-state index < -0.39 is 0 Å². The monoisotopic (exact) mass is 622 g/mol. The zero-order valence-corrected chi connectivity index (χ0v) is 27.3. The van der Waals surface area contributed by atoms with Crippen molar-refractivity contribution in [1.82, 2.24) is 34.9 Å². The number of anilines is 1. The Balaban J connectivity index is 0.000000261. The molecule has 44 heavy (non-hydrogen) atoms. The summed E-state index contributed by atoms with van der Waals surface area (Å²) in [5.74, 6) is 0.471. The maximum atomic E-state index is 12.2. The van der Waals surface area contributed by atoms with E-state index in [1.807, 2.05) is 36.8 Å². The van der Waals surface area contributed by atoms with Gasteiger partial charge in [0.2, 0.25) is 17.7 Å². The Bertz CT molecular complexity index is 1400. The fraction of sp³-hybridized carbons (Fsp3) is 0.469. The van der Waals surface area contributed by atoms with Gasteiger partial charge in [0.25, 0.3) is 0 Å². The van der Waals surface area contributed by atoms with Crippen LogP contribution in [-0.2, 0) is 14.4 Å². The van der Waals surface area contributed by atoms with Crippen molar-refractivity contribution in [2.75, 3.05) is 31.5 Å². The first kappa shape index (κ1) is 34.5. The number of aromatic nitrogens is 4. The van der Waals surface area contributed by atoms with Crippen molar-refractivity contribution in [1.29, 1.82) is 0 Å². The maximum Gasteiger partial charge on any atom is 0.242 e. The molecule has 2 aliphatic heterocycles. The van der Waals surface area contributed by atoms with Gasteiger partial charge in [0.05, 0.1) is 41.9 Å². The Hall–Kier alpha value is -4.03. The van der Waals surface area contributed by atoms with Crippen molar-refractivity contribution in [3.63, 3.8) is 0 Å². The molecule has 12 heteroatoms. The number of H-pyrrole nitrogens is 1. The van der Waals surface area contributed by atoms with Gasteiger partial charge in [-0.25, -0.2) is 9.97 Å². The summed E-state index contributed by atoms with van der Waals surface area (Å²) in [5.41, 5.74) is 3.23. The molecule has 3 aromatic heterocycles. The number of nitrogens with zero attached hydrogens (tertiary/aromatic N) is 4. The summed E-state index contributed by atoms with van der Waals surface area (Å²) in [4.78, 5) is 49.4. The third kappa shape index (κ3) is 10.0. The molecule has 0 saturated carbocycles. The van der Waals surface area contributed by atoms with E-state index in [4.69, 9.17) is 0 Å². The van der Waals surface area contributed by atoms with E-state index in [2.05, 4.69) is 69.0 Å². The van der Waals surface area contributed by atoms with Crippen LogP contribution in [0.25, 0.3) is 26.7 Å². The lowest BCUT2D eigenvalue weighted by molar-refractivity contribution is -0.131. The van der Waals surface area contributed by atoms with Crippen LogP contribution in [0.5, 0.6) is 0 Å². The van der Waals surface area contributed by atoms with E-state index in [1.54, 1.807) is 22.6 Å². The second-order valence-electron chi connectivity index (χ2n) is 10.3. The molecule has 2 aliphatic rings. The molecule has 4 aromatic rings. The topological polar surface area (TPSA) is 137 Å². The van der Waals surface area contributed by atoms with Gasteiger partial charge in [0.15, 0.2) is 10.8 Å². The summed E-state index contributed by atoms with van der Waals surface area (Å²) in [6, 6.07) is 8.23. The van der Waals surface area contributed by atoms with Gasteiger partial charge in [0.1, 0.15) is 0 Å². The molecule has 4 N–H and O–H groups in total. The number of amides is 3. The van der Waals surface area contributed by atoms with Gasteiger partial charge < -0.3 is 25.8 Å². The molecule has 2 fully saturated rings. The van der Waals surface area contributed by atoms with Crippen molar-refractivity contribution >= 4 is 39.8 Å². The average molecular weight is 623 g/mol. The summed E-state index contributed by atoms with van der Waals surface area (Å²) < 4.78 is 1.96. The summed E-state index contributed by atoms with van der Waals surface area (Å²) in [5, 5.41) is 8.60. The first-order valence-electron chi connectivity index (χ1n) is 15.5. The molecule has 2 saturated heterocycles. The summed E-state index contributed by atoms with van der Waals surface area (Å²) in [7, 11) is 0. The molecule has 1 aromatic carbocycles. The Morgan fingerprint density at radius 3 is 2.27 bits per heavy atom. The van der Waals surface area contributed by atoms with Gasteiger partial charge >= 0.3 is 0 Å². The second-order valence-corrected chi connectivity index (χ2v) is 11.3. The molecular formula is C32H46N8O3S. The molecule has 5 heterocycles. The fourth-order valence-electron chi connectivity index (χ4n) is 4.62. The van der Waals surface area contributed by atoms with Crippen LogP contribution < -0.4 is 16.0 Å². The van der Waals surface area contributed by atoms with E-state index >= 15 is 0 Å². The number of hydrogen-bond donors (Lipinski definition) is 4. The molecule has 1 atom stereocenters. The zero-order chi connectivity index (χ0) is 31.9. The summed E-state index contributed by atoms with van der Waals surface area (Å²) in [6.45, 7) is 12.4. The van der Waals surface area contributed by atoms with Crippen molar-refractivity contribution in [2.24, 2.45) is 0 Å². The van der Waals surface area contributed by atoms with Crippen molar-refractivity contribution in [2.45, 2.75) is 72.8 Å². The van der Waals surface area contributed by atoms with Crippen LogP contribution in [0.15, 0.2) is 49.2 Å². The molecule has 3 amide bonds. The zero-order valence-electron chi connectivity index (χ0n) is 26.5. The third-order valence-corrected chi connectivity index (χ3v) is 7.76. The SMILES string of the molecule is CC.CC(=O)NCC(=O)N1CCCC1.CCC.O=C(Nc1cn2cc(-c3ccc(-c4cnc[nH]4)cc3)sc2n1)[C@@H]1CCCN1. The Kier molecular flexibility index (Phi) is 14.0. The minimum Gasteiger partial charge on any atom is -0.347 e. The van der Waals surface area contributed by atoms with Gasteiger partial charge in [-0.2, -0.15) is 0 Å². The predicted molar refractivity (Wildman–Crippen MR) is 178 cm³/mol. The van der Waals surface area contributed by atoms with Gasteiger partial charge in [-0.1, -0.05) is 69.7 Å². The normalized spacial score (nSPS) is 15.3. The number of carbonyl (C=O) groups excluding carboxylic acids is 3. The molecule has 0 aliphatic carbocycles. The highest BCUT2D eigenvalue weighted by Crippen LogP contribution is 2.31. The summed E-state index contributed by atoms with van der Waals surface area (Å²) in [6.07, 6.45) is 12.7. The van der Waals surface area contributed by atoms with Crippen LogP contribution in [0.2, 0.25) is 0 Å². The van der Waals surface area contributed by atoms with E-state index in [9.17, 15) is 14.4 Å². The minimum atomic E-state index is -0.150. The van der Waals surface area contributed by atoms with Gasteiger partial charge in [0, 0.05) is 26.2 Å². The van der Waals surface area contributed by atoms with E-state index in [0.717, 1.165) is 72.0 Å². The lowest BCUT2D eigenvalue weighted by atomic mass is 10.1. The average Bonchev–Trinajstić information content (AvgIpc) is 3.86. The standard InChI is InChI=1S/C19H18N6OS.C8H14N2O2.C3H8.C2H6/c26-18(14-2-1-7-21-14)23-17-10-25-9-16(27-19(25)24-17)13-5-3-12(4-6-13)15-8-20-11-22-15;1-7(11)9-6-8(12)10-4-2-3-5-10;1-3-2;1-2/h3-6,8-11,14,21H,1-2,7H2,(H,20,22)(H,23,26);2-6H2,1H3,(H,9,11);3H2,1-2H3;1-2H3/t14-;;;/m0.../s1. The highest BCUT2D eigenvalue weighted by atomic mass is 32.1. The highest BCUT2D eigenvalue weighted by Gasteiger charge is 2.23. The molecule has 11 nitrogen and oxygen atoms in total. The summed E-state index contributed by atoms with van der Waals surface area (Å²) >= 11 is 1.60. The number of imidazole rings is 2. The first-order valence-corrected chi connectivity index (χ1v) is 16.3. The van der Waals surface area contributed by atoms with Crippen LogP contribution in [0, 0.1) is 0 Å². The molecule has 0 unspecified atom stereocenters. The smallest absolute Gasteiger partial charge is 0.242 e. The number of fused-ring (bicyclic) bond motifs is 1. The van der Waals surface area contributed by atoms with Gasteiger partial charge in [-0.3, -0.25) is 18.8 Å². The highest BCUT2D eigenvalue weighted by molar-refractivity contribution is 7.20. The number of rotatable bonds is 6. The van der Waals surface area contributed by atoms with Crippen LogP contribution in [0.3, 0.4) is 0 Å². The van der Waals surface area contributed by atoms with Crippen LogP contribution in [0.1, 0.15) is 66.7 Å². The number of likely N-dealkylation sites (tertiary alicyclic amines) is 1. The van der Waals surface area contributed by atoms with Gasteiger partial charge in [-0.15, -0.1) is 0 Å². The van der Waals surface area contributed by atoms with Crippen LogP contribution >= 0.6 is 11.3 Å². The van der Waals surface area contributed by atoms with E-state index in [1.165, 1.54) is 13.3 Å². The van der Waals surface area contributed by atoms with Gasteiger partial charge in [-0.05, 0) is 43.4 Å². The van der Waals surface area contributed by atoms with E-state index in [-0.39, 0.29) is 30.3 Å². The number of aromatic amines is 1. The quantitative estimate of drug-likeness (QED) is 0.230. The number of benzene rings is 1. The molecule has 0 spiro atoms. The maximum absolute atomic E-state index is 12.2. The number of carbonyl (C=O) groups is 3. The van der Waals surface area contributed by atoms with Crippen LogP contribution in [-0.4, -0.2) is 74.2 Å². The molecular weight excluding hydrogens is 576 g/mol. The molecule has 0 radical (unpaired) electrons. The Morgan fingerprint density at radius 2 is 1.70 bits per heavy atom. The lowest BCUT2D eigenvalue weighted by Crippen LogP contribution is -2.37. The number of hydrogen-bond acceptors (Lipinski definition) is 7. The van der Waals surface area contributed by atoms with Crippen molar-refractivity contribution < 1.29 is 14.4 Å². The second kappa shape index (κ2) is 17.9. The molecule has 6 rings (SSSR count). The van der Waals surface area contributed by atoms with E-state index in [0.29, 0.717) is 5.82 Å². The lowest BCUT2D eigenvalue weighted by Gasteiger charge is -2.14. The number of thiazole rings is 1. The first-order chi connectivity index (χ1) is 21.4.